The molecule has 1 aliphatic rings. The number of nitrogens with two attached hydrogens (primary N) is 1. The van der Waals surface area contributed by atoms with Gasteiger partial charge in [-0.3, -0.25) is 0 Å². The quantitative estimate of drug-likeness (QED) is 0.259. The number of nitrogens with one attached hydrogen (secondary N) is 2. The van der Waals surface area contributed by atoms with E-state index >= 15 is 0 Å². The van der Waals surface area contributed by atoms with Crippen molar-refractivity contribution >= 4 is 38.7 Å². The average Bonchev–Trinajstić information content (AvgIpc) is 3.35. The number of rotatable bonds is 6. The molecule has 1 fully saturated rings. The first kappa shape index (κ1) is 31.2. The fourth-order valence-corrected chi connectivity index (χ4v) is 6.06. The highest BCUT2D eigenvalue weighted by Crippen LogP contribution is 2.32. The van der Waals surface area contributed by atoms with Gasteiger partial charge in [0.1, 0.15) is 11.3 Å². The molecule has 44 heavy (non-hydrogen) atoms. The molecule has 1 aromatic heterocycles. The lowest BCUT2D eigenvalue weighted by Crippen LogP contribution is -2.47. The minimum absolute atomic E-state index is 0.0484. The highest BCUT2D eigenvalue weighted by molar-refractivity contribution is 7.89. The summed E-state index contributed by atoms with van der Waals surface area (Å²) < 4.78 is 30.3. The van der Waals surface area contributed by atoms with Crippen LogP contribution in [0.3, 0.4) is 0 Å². The Kier molecular flexibility index (Phi) is 8.78. The second-order valence-corrected chi connectivity index (χ2v) is 13.6. The number of likely N-dealkylation sites (tertiary alicyclic amines) is 1. The molecule has 5 rings (SSSR count). The summed E-state index contributed by atoms with van der Waals surface area (Å²) in [5.41, 5.74) is 2.18. The van der Waals surface area contributed by atoms with Crippen molar-refractivity contribution in [1.29, 1.82) is 0 Å². The molecule has 232 valence electrons. The Hall–Kier alpha value is -4.26. The van der Waals surface area contributed by atoms with Crippen molar-refractivity contribution in [3.63, 3.8) is 0 Å². The molecule has 0 saturated carbocycles. The van der Waals surface area contributed by atoms with Crippen LogP contribution in [-0.2, 0) is 14.8 Å². The number of primary sulfonamides is 1. The van der Waals surface area contributed by atoms with Gasteiger partial charge in [-0.15, -0.1) is 0 Å². The van der Waals surface area contributed by atoms with E-state index in [9.17, 15) is 18.0 Å². The highest BCUT2D eigenvalue weighted by atomic mass is 32.2. The van der Waals surface area contributed by atoms with Crippen molar-refractivity contribution in [2.75, 3.05) is 18.9 Å². The molecule has 0 radical (unpaired) electrons. The number of ether oxygens (including phenoxy) is 1. The SMILES string of the molecule is CN1CCCC[C@@H]1[C@H](NC(=O)Nc1ccc2c(c1)c(-c1ccc(S(N)(=O)=O)cc1)nn2C(=O)OC(C)(C)C)c1ccccc1. The normalized spacial score (nSPS) is 16.8. The second-order valence-electron chi connectivity index (χ2n) is 12.1. The molecule has 12 heteroatoms. The van der Waals surface area contributed by atoms with E-state index in [1.54, 1.807) is 51.1 Å². The van der Waals surface area contributed by atoms with Crippen LogP contribution in [0.4, 0.5) is 15.3 Å². The van der Waals surface area contributed by atoms with Crippen molar-refractivity contribution < 1.29 is 22.7 Å². The number of likely N-dealkylation sites (N-methyl/N-ethyl adjacent to an activating group) is 1. The van der Waals surface area contributed by atoms with E-state index in [-0.39, 0.29) is 23.0 Å². The fraction of sp³-hybridized carbons (Fsp3) is 0.344. The summed E-state index contributed by atoms with van der Waals surface area (Å²) in [5, 5.41) is 16.5. The topological polar surface area (TPSA) is 149 Å². The van der Waals surface area contributed by atoms with Crippen LogP contribution in [0, 0.1) is 0 Å². The zero-order valence-corrected chi connectivity index (χ0v) is 26.1. The maximum Gasteiger partial charge on any atom is 0.435 e. The third kappa shape index (κ3) is 7.09. The van der Waals surface area contributed by atoms with E-state index < -0.39 is 21.7 Å². The van der Waals surface area contributed by atoms with Crippen LogP contribution < -0.4 is 15.8 Å². The molecule has 2 amide bonds. The van der Waals surface area contributed by atoms with Gasteiger partial charge in [-0.2, -0.15) is 9.78 Å². The van der Waals surface area contributed by atoms with E-state index in [0.717, 1.165) is 36.1 Å². The molecule has 0 spiro atoms. The lowest BCUT2D eigenvalue weighted by molar-refractivity contribution is 0.0523. The van der Waals surface area contributed by atoms with Crippen molar-refractivity contribution in [2.24, 2.45) is 5.14 Å². The first-order valence-corrected chi connectivity index (χ1v) is 16.1. The van der Waals surface area contributed by atoms with Gasteiger partial charge in [-0.1, -0.05) is 48.9 Å². The molecule has 0 unspecified atom stereocenters. The van der Waals surface area contributed by atoms with Crippen LogP contribution >= 0.6 is 0 Å². The number of piperidine rings is 1. The molecule has 1 aliphatic heterocycles. The van der Waals surface area contributed by atoms with Crippen molar-refractivity contribution in [1.82, 2.24) is 20.0 Å². The Labute approximate surface area is 257 Å². The molecule has 4 aromatic rings. The van der Waals surface area contributed by atoms with E-state index in [4.69, 9.17) is 9.88 Å². The van der Waals surface area contributed by atoms with Gasteiger partial charge in [-0.05, 0) is 83.1 Å². The Morgan fingerprint density at radius 1 is 1.02 bits per heavy atom. The number of anilines is 1. The van der Waals surface area contributed by atoms with Crippen molar-refractivity contribution in [3.8, 4) is 11.3 Å². The van der Waals surface area contributed by atoms with Crippen LogP contribution in [0.25, 0.3) is 22.2 Å². The van der Waals surface area contributed by atoms with E-state index in [1.165, 1.54) is 12.1 Å². The number of hydrogen-bond donors (Lipinski definition) is 3. The number of sulfonamides is 1. The number of amides is 2. The largest absolute Gasteiger partial charge is 0.442 e. The average molecular weight is 619 g/mol. The van der Waals surface area contributed by atoms with Crippen molar-refractivity contribution in [2.45, 2.75) is 62.6 Å². The zero-order valence-electron chi connectivity index (χ0n) is 25.3. The smallest absolute Gasteiger partial charge is 0.435 e. The Morgan fingerprint density at radius 3 is 2.36 bits per heavy atom. The second kappa shape index (κ2) is 12.4. The number of fused-ring (bicyclic) bond motifs is 1. The molecule has 0 bridgehead atoms. The number of urea groups is 1. The summed E-state index contributed by atoms with van der Waals surface area (Å²) >= 11 is 0. The van der Waals surface area contributed by atoms with E-state index in [2.05, 4.69) is 27.7 Å². The minimum Gasteiger partial charge on any atom is -0.442 e. The molecule has 0 aliphatic carbocycles. The molecule has 4 N–H and O–H groups in total. The summed E-state index contributed by atoms with van der Waals surface area (Å²) in [6.07, 6.45) is 2.53. The van der Waals surface area contributed by atoms with Crippen LogP contribution in [0.15, 0.2) is 77.7 Å². The van der Waals surface area contributed by atoms with Crippen molar-refractivity contribution in [3.05, 3.63) is 78.4 Å². The van der Waals surface area contributed by atoms with Gasteiger partial charge >= 0.3 is 12.1 Å². The molecule has 3 aromatic carbocycles. The summed E-state index contributed by atoms with van der Waals surface area (Å²) in [5.74, 6) is 0. The van der Waals surface area contributed by atoms with Gasteiger partial charge < -0.3 is 20.3 Å². The maximum atomic E-state index is 13.4. The third-order valence-electron chi connectivity index (χ3n) is 7.62. The Morgan fingerprint density at radius 2 is 1.73 bits per heavy atom. The Bertz CT molecular complexity index is 1760. The fourth-order valence-electron chi connectivity index (χ4n) is 5.55. The number of carbonyl (C=O) groups is 2. The zero-order chi connectivity index (χ0) is 31.6. The summed E-state index contributed by atoms with van der Waals surface area (Å²) in [6, 6.07) is 20.5. The first-order chi connectivity index (χ1) is 20.8. The van der Waals surface area contributed by atoms with Crippen LogP contribution in [0.2, 0.25) is 0 Å². The van der Waals surface area contributed by atoms with Gasteiger partial charge in [0, 0.05) is 22.7 Å². The van der Waals surface area contributed by atoms with Crippen LogP contribution in [-0.4, -0.2) is 60.5 Å². The van der Waals surface area contributed by atoms with E-state index in [0.29, 0.717) is 27.8 Å². The van der Waals surface area contributed by atoms with Gasteiger partial charge in [-0.25, -0.2) is 23.1 Å². The van der Waals surface area contributed by atoms with Gasteiger partial charge in [0.25, 0.3) is 0 Å². The number of carbonyl (C=O) groups excluding carboxylic acids is 2. The lowest BCUT2D eigenvalue weighted by Gasteiger charge is -2.38. The Balaban J connectivity index is 1.48. The number of aromatic nitrogens is 2. The number of hydrogen-bond acceptors (Lipinski definition) is 7. The molecule has 2 atom stereocenters. The lowest BCUT2D eigenvalue weighted by atomic mass is 9.91. The van der Waals surface area contributed by atoms with E-state index in [1.807, 2.05) is 30.3 Å². The summed E-state index contributed by atoms with van der Waals surface area (Å²) in [7, 11) is -1.80. The van der Waals surface area contributed by atoms with Gasteiger partial charge in [0.05, 0.1) is 16.5 Å². The molecule has 11 nitrogen and oxygen atoms in total. The summed E-state index contributed by atoms with van der Waals surface area (Å²) in [6.45, 7) is 6.25. The minimum atomic E-state index is -3.89. The van der Waals surface area contributed by atoms with Crippen LogP contribution in [0.5, 0.6) is 0 Å². The first-order valence-electron chi connectivity index (χ1n) is 14.5. The van der Waals surface area contributed by atoms with Crippen LogP contribution in [0.1, 0.15) is 51.6 Å². The number of benzene rings is 3. The van der Waals surface area contributed by atoms with Gasteiger partial charge in [0.15, 0.2) is 0 Å². The molecular weight excluding hydrogens is 580 g/mol. The predicted molar refractivity (Wildman–Crippen MR) is 170 cm³/mol. The molecular formula is C32H38N6O5S. The number of nitrogens with zero attached hydrogens (tertiary/aromatic N) is 3. The third-order valence-corrected chi connectivity index (χ3v) is 8.55. The molecule has 2 heterocycles. The molecule has 1 saturated heterocycles. The monoisotopic (exact) mass is 618 g/mol. The van der Waals surface area contributed by atoms with Gasteiger partial charge in [0.2, 0.25) is 10.0 Å². The maximum absolute atomic E-state index is 13.4. The standard InChI is InChI=1S/C32H38N6O5S/c1-32(2,3)43-31(40)38-26-18-15-23(20-25(26)28(36-38)22-13-16-24(17-14-22)44(33,41)42)34-30(39)35-29(21-10-6-5-7-11-21)27-12-8-9-19-37(27)4/h5-7,10-11,13-18,20,27,29H,8-9,12,19H2,1-4H3,(H2,33,41,42)(H2,34,35,39)/t27-,29-/m1/s1. The summed E-state index contributed by atoms with van der Waals surface area (Å²) in [4.78, 5) is 28.8. The predicted octanol–water partition coefficient (Wildman–Crippen LogP) is 5.48. The highest BCUT2D eigenvalue weighted by Gasteiger charge is 2.30.